The summed E-state index contributed by atoms with van der Waals surface area (Å²) in [6.45, 7) is 0.471. The van der Waals surface area contributed by atoms with Crippen LogP contribution in [0.5, 0.6) is 0 Å². The van der Waals surface area contributed by atoms with E-state index in [1.807, 2.05) is 0 Å². The van der Waals surface area contributed by atoms with Crippen molar-refractivity contribution in [3.8, 4) is 0 Å². The molecule has 1 radical (unpaired) electrons. The maximum Gasteiger partial charge on any atom is 0.353 e. The summed E-state index contributed by atoms with van der Waals surface area (Å²) in [5, 5.41) is 2.40. The Labute approximate surface area is 34.9 Å². The monoisotopic (exact) mass is 86.0 g/mol. The molecule has 0 aromatic heterocycles. The number of rotatable bonds is 0. The van der Waals surface area contributed by atoms with E-state index < -0.39 is 0 Å². The summed E-state index contributed by atoms with van der Waals surface area (Å²) in [6.07, 6.45) is 0. The van der Waals surface area contributed by atoms with Gasteiger partial charge in [0.2, 0.25) is 0 Å². The van der Waals surface area contributed by atoms with E-state index in [9.17, 15) is 4.79 Å². The molecule has 1 aliphatic rings. The number of amides is 2. The fourth-order valence-electron chi connectivity index (χ4n) is 0.266. The lowest BCUT2D eigenvalue weighted by atomic mass is 11.0. The van der Waals surface area contributed by atoms with Gasteiger partial charge in [0.1, 0.15) is 0 Å². The van der Waals surface area contributed by atoms with Gasteiger partial charge >= 0.3 is 6.03 Å². The van der Waals surface area contributed by atoms with Crippen molar-refractivity contribution in [2.75, 3.05) is 6.67 Å². The smallest absolute Gasteiger partial charge is 0.321 e. The Kier molecular flexibility index (Phi) is 0.648. The molecule has 0 saturated carbocycles. The van der Waals surface area contributed by atoms with E-state index in [4.69, 9.17) is 0 Å². The van der Waals surface area contributed by atoms with Crippen LogP contribution in [-0.2, 0) is 0 Å². The molecule has 1 heterocycles. The quantitative estimate of drug-likeness (QED) is 0.388. The van der Waals surface area contributed by atoms with Crippen molar-refractivity contribution in [3.63, 3.8) is 0 Å². The lowest BCUT2D eigenvalue weighted by Crippen LogP contribution is -2.16. The van der Waals surface area contributed by atoms with E-state index in [0.717, 1.165) is 0 Å². The van der Waals surface area contributed by atoms with Crippen molar-refractivity contribution >= 4 is 6.03 Å². The first kappa shape index (κ1) is 3.42. The van der Waals surface area contributed by atoms with Crippen LogP contribution in [0.4, 0.5) is 4.79 Å². The first-order chi connectivity index (χ1) is 2.89. The molecule has 1 aliphatic heterocycles. The molecule has 4 nitrogen and oxygen atoms in total. The van der Waals surface area contributed by atoms with Crippen LogP contribution in [0, 0.1) is 0 Å². The molecule has 0 aromatic carbocycles. The molecule has 1 fully saturated rings. The number of nitrogens with one attached hydrogen (secondary N) is 2. The summed E-state index contributed by atoms with van der Waals surface area (Å²) < 4.78 is 0. The summed E-state index contributed by atoms with van der Waals surface area (Å²) >= 11 is 0. The molecule has 4 heteroatoms. The second kappa shape index (κ2) is 1.14. The number of carbonyl (C=O) groups is 1. The van der Waals surface area contributed by atoms with Crippen LogP contribution in [0.25, 0.3) is 0 Å². The molecule has 0 unspecified atom stereocenters. The fraction of sp³-hybridized carbons (Fsp3) is 0.500. The van der Waals surface area contributed by atoms with Gasteiger partial charge in [-0.25, -0.2) is 4.79 Å². The number of carbonyl (C=O) groups excluding carboxylic acids is 1. The van der Waals surface area contributed by atoms with Crippen molar-refractivity contribution < 1.29 is 4.79 Å². The summed E-state index contributed by atoms with van der Waals surface area (Å²) in [4.78, 5) is 9.90. The standard InChI is InChI=1S/C2H4N3O/c6-2-3-1-4-5-2/h4H,1H2,(H,3,6). The van der Waals surface area contributed by atoms with Gasteiger partial charge in [-0.1, -0.05) is 0 Å². The Morgan fingerprint density at radius 1 is 1.83 bits per heavy atom. The van der Waals surface area contributed by atoms with Crippen LogP contribution in [0.15, 0.2) is 0 Å². The second-order valence-electron chi connectivity index (χ2n) is 0.929. The molecule has 6 heavy (non-hydrogen) atoms. The Morgan fingerprint density at radius 2 is 2.67 bits per heavy atom. The first-order valence-electron chi connectivity index (χ1n) is 1.61. The third-order valence-corrected chi connectivity index (χ3v) is 0.499. The Balaban J connectivity index is 2.37. The van der Waals surface area contributed by atoms with Crippen molar-refractivity contribution in [2.45, 2.75) is 0 Å². The lowest BCUT2D eigenvalue weighted by Gasteiger charge is -1.74. The zero-order chi connectivity index (χ0) is 4.41. The number of hydrogen-bond acceptors (Lipinski definition) is 2. The molecule has 0 aliphatic carbocycles. The Morgan fingerprint density at radius 3 is 2.83 bits per heavy atom. The van der Waals surface area contributed by atoms with E-state index in [0.29, 0.717) is 6.67 Å². The molecule has 1 rings (SSSR count). The predicted octanol–water partition coefficient (Wildman–Crippen LogP) is -1.22. The average Bonchev–Trinajstić information content (AvgIpc) is 1.86. The highest BCUT2D eigenvalue weighted by atomic mass is 16.2. The average molecular weight is 86.1 g/mol. The van der Waals surface area contributed by atoms with Crippen molar-refractivity contribution in [1.29, 1.82) is 0 Å². The number of nitrogens with zero attached hydrogens (tertiary/aromatic N) is 1. The van der Waals surface area contributed by atoms with Crippen LogP contribution >= 0.6 is 0 Å². The highest BCUT2D eigenvalue weighted by Gasteiger charge is 2.05. The molecule has 1 saturated heterocycles. The lowest BCUT2D eigenvalue weighted by molar-refractivity contribution is 0.246. The zero-order valence-electron chi connectivity index (χ0n) is 3.06. The van der Waals surface area contributed by atoms with Gasteiger partial charge in [0.15, 0.2) is 0 Å². The van der Waals surface area contributed by atoms with E-state index >= 15 is 0 Å². The minimum absolute atomic E-state index is 0.282. The second-order valence-corrected chi connectivity index (χ2v) is 0.929. The largest absolute Gasteiger partial charge is 0.353 e. The van der Waals surface area contributed by atoms with Crippen LogP contribution in [-0.4, -0.2) is 12.7 Å². The normalized spacial score (nSPS) is 19.7. The van der Waals surface area contributed by atoms with E-state index in [1.165, 1.54) is 0 Å². The first-order valence-corrected chi connectivity index (χ1v) is 1.61. The van der Waals surface area contributed by atoms with Gasteiger partial charge in [0.25, 0.3) is 0 Å². The highest BCUT2D eigenvalue weighted by molar-refractivity contribution is 5.74. The van der Waals surface area contributed by atoms with Crippen LogP contribution in [0.2, 0.25) is 0 Å². The van der Waals surface area contributed by atoms with Gasteiger partial charge in [-0.3, -0.25) is 0 Å². The van der Waals surface area contributed by atoms with Gasteiger partial charge in [0, 0.05) is 0 Å². The van der Waals surface area contributed by atoms with Crippen LogP contribution in [0.3, 0.4) is 0 Å². The topological polar surface area (TPSA) is 55.2 Å². The van der Waals surface area contributed by atoms with Gasteiger partial charge in [0.05, 0.1) is 6.67 Å². The summed E-state index contributed by atoms with van der Waals surface area (Å²) in [7, 11) is 0. The molecular weight excluding hydrogens is 82.0 g/mol. The summed E-state index contributed by atoms with van der Waals surface area (Å²) in [6, 6.07) is -0.282. The third kappa shape index (κ3) is 0.414. The molecule has 0 atom stereocenters. The molecule has 2 amide bonds. The fourth-order valence-corrected chi connectivity index (χ4v) is 0.266. The zero-order valence-corrected chi connectivity index (χ0v) is 3.06. The minimum atomic E-state index is -0.282. The molecule has 0 bridgehead atoms. The van der Waals surface area contributed by atoms with E-state index in [2.05, 4.69) is 16.2 Å². The molecule has 0 aromatic rings. The van der Waals surface area contributed by atoms with E-state index in [1.54, 1.807) is 0 Å². The van der Waals surface area contributed by atoms with Crippen molar-refractivity contribution in [1.82, 2.24) is 16.2 Å². The van der Waals surface area contributed by atoms with Gasteiger partial charge in [-0.05, 0) is 0 Å². The molecular formula is C2H4N3O. The summed E-state index contributed by atoms with van der Waals surface area (Å²) in [5.41, 5.74) is 5.67. The molecule has 2 N–H and O–H groups in total. The van der Waals surface area contributed by atoms with Gasteiger partial charge < -0.3 is 5.32 Å². The maximum absolute atomic E-state index is 9.90. The van der Waals surface area contributed by atoms with Gasteiger partial charge in [-0.2, -0.15) is 5.43 Å². The SMILES string of the molecule is O=C1[N]NCN1. The predicted molar refractivity (Wildman–Crippen MR) is 18.7 cm³/mol. The van der Waals surface area contributed by atoms with Crippen LogP contribution < -0.4 is 16.2 Å². The third-order valence-electron chi connectivity index (χ3n) is 0.499. The maximum atomic E-state index is 9.90. The minimum Gasteiger partial charge on any atom is -0.321 e. The van der Waals surface area contributed by atoms with Crippen molar-refractivity contribution in [3.05, 3.63) is 0 Å². The summed E-state index contributed by atoms with van der Waals surface area (Å²) in [5.74, 6) is 0. The molecule has 0 spiro atoms. The van der Waals surface area contributed by atoms with Crippen molar-refractivity contribution in [2.24, 2.45) is 0 Å². The molecule has 33 valence electrons. The number of urea groups is 1. The number of hydrogen-bond donors (Lipinski definition) is 2. The Hall–Kier alpha value is -0.770. The highest BCUT2D eigenvalue weighted by Crippen LogP contribution is 1.66. The van der Waals surface area contributed by atoms with Crippen LogP contribution in [0.1, 0.15) is 0 Å². The van der Waals surface area contributed by atoms with E-state index in [-0.39, 0.29) is 6.03 Å². The Bertz CT molecular complexity index is 63.2. The van der Waals surface area contributed by atoms with Gasteiger partial charge in [-0.15, -0.1) is 5.43 Å².